The van der Waals surface area contributed by atoms with Gasteiger partial charge in [0.2, 0.25) is 0 Å². The number of Topliss-reactive ketones (excluding diaryl/α,β-unsaturated/α-hetero) is 1. The Morgan fingerprint density at radius 3 is 2.75 bits per heavy atom. The van der Waals surface area contributed by atoms with Crippen LogP contribution >= 0.6 is 0 Å². The molecule has 0 saturated heterocycles. The molecule has 1 heterocycles. The molecule has 1 aliphatic rings. The predicted molar refractivity (Wildman–Crippen MR) is 85.1 cm³/mol. The highest BCUT2D eigenvalue weighted by atomic mass is 19.1. The summed E-state index contributed by atoms with van der Waals surface area (Å²) in [5.41, 5.74) is 6.64. The summed E-state index contributed by atoms with van der Waals surface area (Å²) in [6, 6.07) is 4.31. The van der Waals surface area contributed by atoms with E-state index in [1.165, 1.54) is 16.8 Å². The van der Waals surface area contributed by atoms with Crippen LogP contribution in [0.2, 0.25) is 0 Å². The van der Waals surface area contributed by atoms with Crippen molar-refractivity contribution in [1.29, 1.82) is 0 Å². The molecule has 24 heavy (non-hydrogen) atoms. The third-order valence-electron chi connectivity index (χ3n) is 3.83. The summed E-state index contributed by atoms with van der Waals surface area (Å²) in [5, 5.41) is 4.16. The van der Waals surface area contributed by atoms with Crippen molar-refractivity contribution >= 4 is 11.7 Å². The molecular weight excluding hydrogens is 313 g/mol. The third-order valence-corrected chi connectivity index (χ3v) is 3.83. The molecule has 7 heteroatoms. The lowest BCUT2D eigenvalue weighted by atomic mass is 9.94. The molecule has 1 aromatic carbocycles. The minimum Gasteiger partial charge on any atom is -0.488 e. The summed E-state index contributed by atoms with van der Waals surface area (Å²) in [6.45, 7) is 3.60. The molecule has 0 fully saturated rings. The predicted octanol–water partition coefficient (Wildman–Crippen LogP) is 2.42. The fourth-order valence-electron chi connectivity index (χ4n) is 2.87. The molecule has 0 bridgehead atoms. The van der Waals surface area contributed by atoms with Crippen LogP contribution in [0.4, 0.5) is 4.39 Å². The number of ether oxygens (including phenoxy) is 1. The zero-order valence-electron chi connectivity index (χ0n) is 13.5. The van der Waals surface area contributed by atoms with Crippen molar-refractivity contribution < 1.29 is 18.7 Å². The molecular formula is C17H18FN3O3. The second-order valence-corrected chi connectivity index (χ2v) is 6.01. The Bertz CT molecular complexity index is 827. The fourth-order valence-corrected chi connectivity index (χ4v) is 2.87. The van der Waals surface area contributed by atoms with Crippen molar-refractivity contribution in [2.45, 2.75) is 39.2 Å². The SMILES string of the molecule is CC(C)Oc1ccc(-n2nc(C(N)=O)c3c2C(=O)CCC3)cc1F. The van der Waals surface area contributed by atoms with E-state index < -0.39 is 11.7 Å². The lowest BCUT2D eigenvalue weighted by molar-refractivity contribution is 0.0964. The van der Waals surface area contributed by atoms with Crippen LogP contribution in [0.25, 0.3) is 5.69 Å². The van der Waals surface area contributed by atoms with Crippen molar-refractivity contribution in [2.75, 3.05) is 0 Å². The van der Waals surface area contributed by atoms with E-state index >= 15 is 0 Å². The first-order chi connectivity index (χ1) is 11.4. The van der Waals surface area contributed by atoms with Gasteiger partial charge >= 0.3 is 0 Å². The number of carbonyl (C=O) groups excluding carboxylic acids is 2. The van der Waals surface area contributed by atoms with Crippen LogP contribution in [0.3, 0.4) is 0 Å². The monoisotopic (exact) mass is 331 g/mol. The van der Waals surface area contributed by atoms with E-state index in [1.807, 2.05) is 0 Å². The number of aromatic nitrogens is 2. The molecule has 1 aliphatic carbocycles. The molecule has 0 atom stereocenters. The van der Waals surface area contributed by atoms with Crippen LogP contribution in [-0.2, 0) is 6.42 Å². The molecule has 1 aromatic heterocycles. The zero-order valence-corrected chi connectivity index (χ0v) is 13.5. The van der Waals surface area contributed by atoms with Gasteiger partial charge in [-0.2, -0.15) is 5.10 Å². The molecule has 2 aromatic rings. The molecule has 6 nitrogen and oxygen atoms in total. The van der Waals surface area contributed by atoms with Gasteiger partial charge in [-0.15, -0.1) is 0 Å². The molecule has 0 unspecified atom stereocenters. The van der Waals surface area contributed by atoms with Gasteiger partial charge in [0.1, 0.15) is 5.69 Å². The summed E-state index contributed by atoms with van der Waals surface area (Å²) in [6.07, 6.45) is 1.41. The number of rotatable bonds is 4. The van der Waals surface area contributed by atoms with E-state index in [-0.39, 0.29) is 23.3 Å². The van der Waals surface area contributed by atoms with Gasteiger partial charge in [-0.1, -0.05) is 0 Å². The standard InChI is InChI=1S/C17H18FN3O3/c1-9(2)24-14-7-6-10(8-12(14)18)21-16-11(4-3-5-13(16)22)15(20-21)17(19)23/h6-9H,3-5H2,1-2H3,(H2,19,23). The average molecular weight is 331 g/mol. The number of ketones is 1. The van der Waals surface area contributed by atoms with Gasteiger partial charge in [-0.25, -0.2) is 9.07 Å². The second-order valence-electron chi connectivity index (χ2n) is 6.01. The maximum Gasteiger partial charge on any atom is 0.269 e. The molecule has 126 valence electrons. The minimum absolute atomic E-state index is 0.0703. The topological polar surface area (TPSA) is 87.2 Å². The van der Waals surface area contributed by atoms with E-state index in [2.05, 4.69) is 5.10 Å². The summed E-state index contributed by atoms with van der Waals surface area (Å²) < 4.78 is 20.9. The van der Waals surface area contributed by atoms with E-state index in [0.717, 1.165) is 0 Å². The number of nitrogens with zero attached hydrogens (tertiary/aromatic N) is 2. The van der Waals surface area contributed by atoms with Crippen molar-refractivity contribution in [3.8, 4) is 11.4 Å². The summed E-state index contributed by atoms with van der Waals surface area (Å²) in [5.74, 6) is -1.26. The number of hydrogen-bond acceptors (Lipinski definition) is 4. The van der Waals surface area contributed by atoms with Gasteiger partial charge in [0.25, 0.3) is 5.91 Å². The first-order valence-electron chi connectivity index (χ1n) is 7.80. The lowest BCUT2D eigenvalue weighted by Crippen LogP contribution is -2.17. The number of halogens is 1. The minimum atomic E-state index is -0.695. The number of amides is 1. The third kappa shape index (κ3) is 2.77. The quantitative estimate of drug-likeness (QED) is 0.932. The van der Waals surface area contributed by atoms with Crippen molar-refractivity contribution in [1.82, 2.24) is 9.78 Å². The number of nitrogens with two attached hydrogens (primary N) is 1. The molecule has 0 saturated carbocycles. The van der Waals surface area contributed by atoms with Crippen molar-refractivity contribution in [3.63, 3.8) is 0 Å². The Hall–Kier alpha value is -2.70. The van der Waals surface area contributed by atoms with Gasteiger partial charge in [-0.05, 0) is 38.8 Å². The van der Waals surface area contributed by atoms with Crippen LogP contribution in [0.15, 0.2) is 18.2 Å². The number of fused-ring (bicyclic) bond motifs is 1. The zero-order chi connectivity index (χ0) is 17.4. The van der Waals surface area contributed by atoms with Gasteiger partial charge in [0.05, 0.1) is 11.8 Å². The van der Waals surface area contributed by atoms with Crippen molar-refractivity contribution in [2.24, 2.45) is 5.73 Å². The Morgan fingerprint density at radius 2 is 2.12 bits per heavy atom. The van der Waals surface area contributed by atoms with Gasteiger partial charge in [-0.3, -0.25) is 9.59 Å². The first kappa shape index (κ1) is 16.2. The van der Waals surface area contributed by atoms with E-state index in [0.29, 0.717) is 36.2 Å². The van der Waals surface area contributed by atoms with Crippen LogP contribution in [0.1, 0.15) is 53.2 Å². The van der Waals surface area contributed by atoms with Crippen LogP contribution in [0.5, 0.6) is 5.75 Å². The molecule has 0 radical (unpaired) electrons. The van der Waals surface area contributed by atoms with E-state index in [9.17, 15) is 14.0 Å². The van der Waals surface area contributed by atoms with E-state index in [1.54, 1.807) is 19.9 Å². The van der Waals surface area contributed by atoms with Crippen LogP contribution in [0, 0.1) is 5.82 Å². The molecule has 0 spiro atoms. The van der Waals surface area contributed by atoms with E-state index in [4.69, 9.17) is 10.5 Å². The largest absolute Gasteiger partial charge is 0.488 e. The molecule has 0 aliphatic heterocycles. The molecule has 1 amide bonds. The number of hydrogen-bond donors (Lipinski definition) is 1. The molecule has 2 N–H and O–H groups in total. The van der Waals surface area contributed by atoms with Crippen LogP contribution < -0.4 is 10.5 Å². The van der Waals surface area contributed by atoms with Gasteiger partial charge in [0, 0.05) is 18.1 Å². The van der Waals surface area contributed by atoms with Crippen LogP contribution in [-0.4, -0.2) is 27.6 Å². The smallest absolute Gasteiger partial charge is 0.269 e. The Kier molecular flexibility index (Phi) is 4.09. The Morgan fingerprint density at radius 1 is 1.38 bits per heavy atom. The highest BCUT2D eigenvalue weighted by Gasteiger charge is 2.29. The Labute approximate surface area is 138 Å². The molecule has 3 rings (SSSR count). The van der Waals surface area contributed by atoms with Gasteiger partial charge < -0.3 is 10.5 Å². The number of benzene rings is 1. The van der Waals surface area contributed by atoms with Crippen molar-refractivity contribution in [3.05, 3.63) is 41.0 Å². The van der Waals surface area contributed by atoms with Gasteiger partial charge in [0.15, 0.2) is 23.0 Å². The maximum atomic E-state index is 14.2. The maximum absolute atomic E-state index is 14.2. The fraction of sp³-hybridized carbons (Fsp3) is 0.353. The summed E-state index contributed by atoms with van der Waals surface area (Å²) >= 11 is 0. The highest BCUT2D eigenvalue weighted by Crippen LogP contribution is 2.28. The summed E-state index contributed by atoms with van der Waals surface area (Å²) in [4.78, 5) is 23.9. The number of primary amides is 1. The number of carbonyl (C=O) groups is 2. The second kappa shape index (κ2) is 6.07. The first-order valence-corrected chi connectivity index (χ1v) is 7.80. The summed E-state index contributed by atoms with van der Waals surface area (Å²) in [7, 11) is 0. The normalized spacial score (nSPS) is 13.9. The Balaban J connectivity index is 2.11. The lowest BCUT2D eigenvalue weighted by Gasteiger charge is -2.14. The average Bonchev–Trinajstić information content (AvgIpc) is 2.90. The highest BCUT2D eigenvalue weighted by molar-refractivity contribution is 6.02.